The van der Waals surface area contributed by atoms with Gasteiger partial charge in [-0.3, -0.25) is 9.59 Å². The molecule has 0 saturated carbocycles. The minimum absolute atomic E-state index is 0.0516. The van der Waals surface area contributed by atoms with Crippen LogP contribution in [-0.4, -0.2) is 54.4 Å². The normalized spacial score (nSPS) is 27.5. The summed E-state index contributed by atoms with van der Waals surface area (Å²) in [6.07, 6.45) is 2.28. The highest BCUT2D eigenvalue weighted by Gasteiger charge is 2.45. The first-order valence-corrected chi connectivity index (χ1v) is 9.69. The van der Waals surface area contributed by atoms with Crippen LogP contribution in [0.15, 0.2) is 11.4 Å². The van der Waals surface area contributed by atoms with Crippen molar-refractivity contribution in [2.45, 2.75) is 24.5 Å². The summed E-state index contributed by atoms with van der Waals surface area (Å²) in [6, 6.07) is 2.04. The van der Waals surface area contributed by atoms with E-state index in [1.54, 1.807) is 28.0 Å². The smallest absolute Gasteiger partial charge is 0.313 e. The second-order valence-corrected chi connectivity index (χ2v) is 8.40. The standard InChI is InChI=1S/C16H21NO4S2/c1-21-10-16(15(19)20)5-2-6-17(9-16)14(18)13-11-3-7-22-12(11)4-8-23-13/h3,7,13H,2,4-6,8-10H2,1H3,(H,19,20). The number of aryl methyl sites for hydroxylation is 1. The van der Waals surface area contributed by atoms with E-state index in [4.69, 9.17) is 4.74 Å². The number of carbonyl (C=O) groups is 2. The molecule has 0 radical (unpaired) electrons. The molecule has 126 valence electrons. The van der Waals surface area contributed by atoms with E-state index < -0.39 is 11.4 Å². The highest BCUT2D eigenvalue weighted by molar-refractivity contribution is 8.00. The molecule has 1 amide bonds. The number of likely N-dealkylation sites (tertiary alicyclic amines) is 1. The van der Waals surface area contributed by atoms with Gasteiger partial charge in [0, 0.05) is 25.1 Å². The zero-order valence-corrected chi connectivity index (χ0v) is 14.8. The fourth-order valence-electron chi connectivity index (χ4n) is 3.47. The predicted molar refractivity (Wildman–Crippen MR) is 91.0 cm³/mol. The Kier molecular flexibility index (Phi) is 4.98. The van der Waals surface area contributed by atoms with Gasteiger partial charge in [0.05, 0.1) is 6.61 Å². The van der Waals surface area contributed by atoms with Crippen LogP contribution >= 0.6 is 23.1 Å². The SMILES string of the molecule is COCC1(C(=O)O)CCCN(C(=O)C2SCCc3sccc32)C1. The van der Waals surface area contributed by atoms with Gasteiger partial charge in [0.15, 0.2) is 0 Å². The maximum Gasteiger partial charge on any atom is 0.313 e. The van der Waals surface area contributed by atoms with Crippen molar-refractivity contribution < 1.29 is 19.4 Å². The first-order valence-electron chi connectivity index (χ1n) is 7.76. The zero-order chi connectivity index (χ0) is 16.4. The Morgan fingerprint density at radius 1 is 1.52 bits per heavy atom. The van der Waals surface area contributed by atoms with Gasteiger partial charge in [0.2, 0.25) is 5.91 Å². The van der Waals surface area contributed by atoms with Crippen LogP contribution in [0.5, 0.6) is 0 Å². The third-order valence-corrected chi connectivity index (χ3v) is 6.89. The molecular weight excluding hydrogens is 334 g/mol. The van der Waals surface area contributed by atoms with E-state index in [1.807, 2.05) is 11.4 Å². The van der Waals surface area contributed by atoms with Crippen molar-refractivity contribution in [1.82, 2.24) is 4.90 Å². The number of aliphatic carboxylic acids is 1. The number of carboxylic acid groups (broad SMARTS) is 1. The van der Waals surface area contributed by atoms with Crippen molar-refractivity contribution in [2.75, 3.05) is 32.6 Å². The Morgan fingerprint density at radius 3 is 3.09 bits per heavy atom. The number of hydrogen-bond acceptors (Lipinski definition) is 5. The summed E-state index contributed by atoms with van der Waals surface area (Å²) in [7, 11) is 1.51. The number of fused-ring (bicyclic) bond motifs is 1. The molecule has 2 aliphatic rings. The molecule has 1 saturated heterocycles. The molecular formula is C16H21NO4S2. The van der Waals surface area contributed by atoms with Crippen LogP contribution in [0.3, 0.4) is 0 Å². The van der Waals surface area contributed by atoms with Crippen LogP contribution in [0.4, 0.5) is 0 Å². The van der Waals surface area contributed by atoms with Crippen molar-refractivity contribution in [3.63, 3.8) is 0 Å². The summed E-state index contributed by atoms with van der Waals surface area (Å²) in [4.78, 5) is 27.8. The minimum Gasteiger partial charge on any atom is -0.481 e. The average Bonchev–Trinajstić information content (AvgIpc) is 3.03. The molecule has 2 atom stereocenters. The van der Waals surface area contributed by atoms with Gasteiger partial charge in [0.1, 0.15) is 10.7 Å². The number of rotatable bonds is 4. The summed E-state index contributed by atoms with van der Waals surface area (Å²) in [5, 5.41) is 11.5. The molecule has 1 aromatic rings. The Hall–Kier alpha value is -1.05. The van der Waals surface area contributed by atoms with E-state index in [0.717, 1.165) is 17.7 Å². The highest BCUT2D eigenvalue weighted by Crippen LogP contribution is 2.42. The molecule has 2 aliphatic heterocycles. The summed E-state index contributed by atoms with van der Waals surface area (Å²) < 4.78 is 5.14. The number of carboxylic acids is 1. The van der Waals surface area contributed by atoms with Crippen LogP contribution < -0.4 is 0 Å². The Morgan fingerprint density at radius 2 is 2.35 bits per heavy atom. The van der Waals surface area contributed by atoms with Gasteiger partial charge in [-0.05, 0) is 42.0 Å². The largest absolute Gasteiger partial charge is 0.481 e. The number of ether oxygens (including phenoxy) is 1. The van der Waals surface area contributed by atoms with E-state index in [2.05, 4.69) is 0 Å². The van der Waals surface area contributed by atoms with Gasteiger partial charge < -0.3 is 14.7 Å². The van der Waals surface area contributed by atoms with Crippen LogP contribution in [-0.2, 0) is 20.7 Å². The predicted octanol–water partition coefficient (Wildman–Crippen LogP) is 2.42. The van der Waals surface area contributed by atoms with Crippen LogP contribution in [0.2, 0.25) is 0 Å². The fourth-order valence-corrected chi connectivity index (χ4v) is 5.84. The zero-order valence-electron chi connectivity index (χ0n) is 13.1. The third-order valence-electron chi connectivity index (χ3n) is 4.66. The molecule has 3 rings (SSSR count). The van der Waals surface area contributed by atoms with Gasteiger partial charge in [-0.2, -0.15) is 0 Å². The molecule has 5 nitrogen and oxygen atoms in total. The molecule has 1 N–H and O–H groups in total. The Balaban J connectivity index is 1.79. The molecule has 2 unspecified atom stereocenters. The topological polar surface area (TPSA) is 66.8 Å². The molecule has 23 heavy (non-hydrogen) atoms. The number of methoxy groups -OCH3 is 1. The summed E-state index contributed by atoms with van der Waals surface area (Å²) in [6.45, 7) is 1.02. The van der Waals surface area contributed by atoms with Gasteiger partial charge in [-0.15, -0.1) is 23.1 Å². The molecule has 0 spiro atoms. The molecule has 1 aromatic heterocycles. The number of thiophene rings is 1. The lowest BCUT2D eigenvalue weighted by Gasteiger charge is -2.41. The first-order chi connectivity index (χ1) is 11.1. The molecule has 1 fully saturated rings. The van der Waals surface area contributed by atoms with E-state index in [9.17, 15) is 14.7 Å². The summed E-state index contributed by atoms with van der Waals surface area (Å²) >= 11 is 3.38. The van der Waals surface area contributed by atoms with E-state index in [0.29, 0.717) is 19.4 Å². The highest BCUT2D eigenvalue weighted by atomic mass is 32.2. The second kappa shape index (κ2) is 6.83. The first kappa shape index (κ1) is 16.8. The summed E-state index contributed by atoms with van der Waals surface area (Å²) in [5.41, 5.74) is 0.147. The van der Waals surface area contributed by atoms with Crippen LogP contribution in [0.25, 0.3) is 0 Å². The van der Waals surface area contributed by atoms with Crippen molar-refractivity contribution >= 4 is 35.0 Å². The summed E-state index contributed by atoms with van der Waals surface area (Å²) in [5.74, 6) is 0.125. The number of hydrogen-bond donors (Lipinski definition) is 1. The van der Waals surface area contributed by atoms with Crippen molar-refractivity contribution in [3.05, 3.63) is 21.9 Å². The average molecular weight is 355 g/mol. The molecule has 3 heterocycles. The molecule has 0 aromatic carbocycles. The molecule has 7 heteroatoms. The van der Waals surface area contributed by atoms with Gasteiger partial charge in [-0.25, -0.2) is 0 Å². The van der Waals surface area contributed by atoms with Gasteiger partial charge in [-0.1, -0.05) is 0 Å². The molecule has 0 bridgehead atoms. The lowest BCUT2D eigenvalue weighted by molar-refractivity contribution is -0.159. The number of piperidine rings is 1. The third kappa shape index (κ3) is 3.14. The van der Waals surface area contributed by atoms with E-state index in [-0.39, 0.29) is 24.3 Å². The lowest BCUT2D eigenvalue weighted by atomic mass is 9.80. The monoisotopic (exact) mass is 355 g/mol. The minimum atomic E-state index is -0.973. The molecule has 0 aliphatic carbocycles. The van der Waals surface area contributed by atoms with Crippen molar-refractivity contribution in [1.29, 1.82) is 0 Å². The quantitative estimate of drug-likeness (QED) is 0.898. The van der Waals surface area contributed by atoms with Gasteiger partial charge >= 0.3 is 5.97 Å². The van der Waals surface area contributed by atoms with Crippen molar-refractivity contribution in [3.8, 4) is 0 Å². The number of carbonyl (C=O) groups excluding carboxylic acids is 1. The second-order valence-electron chi connectivity index (χ2n) is 6.18. The van der Waals surface area contributed by atoms with E-state index >= 15 is 0 Å². The Labute approximate surface area is 144 Å². The lowest BCUT2D eigenvalue weighted by Crippen LogP contribution is -2.53. The maximum atomic E-state index is 13.0. The number of nitrogens with zero attached hydrogens (tertiary/aromatic N) is 1. The van der Waals surface area contributed by atoms with E-state index in [1.165, 1.54) is 12.0 Å². The van der Waals surface area contributed by atoms with Crippen LogP contribution in [0.1, 0.15) is 28.5 Å². The van der Waals surface area contributed by atoms with Crippen molar-refractivity contribution in [2.24, 2.45) is 5.41 Å². The number of thioether (sulfide) groups is 1. The number of amides is 1. The fraction of sp³-hybridized carbons (Fsp3) is 0.625. The Bertz CT molecular complexity index is 599. The van der Waals surface area contributed by atoms with Gasteiger partial charge in [0.25, 0.3) is 0 Å². The maximum absolute atomic E-state index is 13.0. The van der Waals surface area contributed by atoms with Crippen LogP contribution in [0, 0.1) is 5.41 Å².